The lowest BCUT2D eigenvalue weighted by atomic mass is 9.81. The van der Waals surface area contributed by atoms with Crippen LogP contribution in [0.15, 0.2) is 84.0 Å². The summed E-state index contributed by atoms with van der Waals surface area (Å²) in [6.07, 6.45) is 3.70. The van der Waals surface area contributed by atoms with Gasteiger partial charge >= 0.3 is 0 Å². The van der Waals surface area contributed by atoms with Crippen LogP contribution in [0.25, 0.3) is 0 Å². The maximum absolute atomic E-state index is 11.9. The highest BCUT2D eigenvalue weighted by Crippen LogP contribution is 2.39. The van der Waals surface area contributed by atoms with Crippen LogP contribution in [0.2, 0.25) is 0 Å². The Labute approximate surface area is 249 Å². The van der Waals surface area contributed by atoms with Crippen LogP contribution in [0.3, 0.4) is 0 Å². The van der Waals surface area contributed by atoms with Gasteiger partial charge in [-0.2, -0.15) is 40.6 Å². The van der Waals surface area contributed by atoms with Crippen molar-refractivity contribution in [1.82, 2.24) is 0 Å². The molecule has 43 heavy (non-hydrogen) atoms. The Balaban J connectivity index is 2.05. The van der Waals surface area contributed by atoms with Crippen LogP contribution in [0.1, 0.15) is 32.8 Å². The number of ether oxygens (including phenoxy) is 1. The number of azo groups is 2. The standard InChI is InChI=1S/C25H31N5O10S3/c1-15-10-22(29-30-25(4)14-16(2)19(26)11-17(25)3)23(40-8-5-9-41(31,32)33)13-21(15)28-27-20-7-6-18(42(34,35)36)12-24(20)43(37,38)39/h6-7,10-14,17H,5,8-9,26H2,1-4H3,(H,31,32,33)(H,34,35,36)(H,37,38,39). The maximum atomic E-state index is 11.9. The van der Waals surface area contributed by atoms with Gasteiger partial charge in [0.25, 0.3) is 30.4 Å². The Morgan fingerprint density at radius 3 is 2.16 bits per heavy atom. The van der Waals surface area contributed by atoms with Gasteiger partial charge in [-0.25, -0.2) is 0 Å². The first-order valence-corrected chi connectivity index (χ1v) is 17.0. The van der Waals surface area contributed by atoms with Crippen molar-refractivity contribution in [3.63, 3.8) is 0 Å². The molecule has 0 aliphatic heterocycles. The van der Waals surface area contributed by atoms with Gasteiger partial charge in [0.05, 0.1) is 22.9 Å². The molecule has 2 atom stereocenters. The summed E-state index contributed by atoms with van der Waals surface area (Å²) >= 11 is 0. The van der Waals surface area contributed by atoms with Crippen molar-refractivity contribution in [2.45, 2.75) is 49.4 Å². The Bertz CT molecular complexity index is 1870. The van der Waals surface area contributed by atoms with Gasteiger partial charge in [0.1, 0.15) is 27.6 Å². The minimum Gasteiger partial charge on any atom is -0.491 e. The van der Waals surface area contributed by atoms with E-state index in [0.717, 1.165) is 17.7 Å². The highest BCUT2D eigenvalue weighted by molar-refractivity contribution is 7.86. The normalized spacial score (nSPS) is 19.9. The number of allylic oxidation sites excluding steroid dienone is 1. The third-order valence-corrected chi connectivity index (χ3v) is 9.08. The van der Waals surface area contributed by atoms with Crippen molar-refractivity contribution in [1.29, 1.82) is 0 Å². The zero-order chi connectivity index (χ0) is 32.4. The number of nitrogens with zero attached hydrogens (tertiary/aromatic N) is 4. The Kier molecular flexibility index (Phi) is 9.94. The van der Waals surface area contributed by atoms with E-state index < -0.39 is 57.1 Å². The van der Waals surface area contributed by atoms with Crippen molar-refractivity contribution >= 4 is 47.4 Å². The van der Waals surface area contributed by atoms with Crippen molar-refractivity contribution in [2.24, 2.45) is 32.1 Å². The first kappa shape index (κ1) is 33.9. The monoisotopic (exact) mass is 657 g/mol. The summed E-state index contributed by atoms with van der Waals surface area (Å²) in [5, 5.41) is 16.8. The zero-order valence-corrected chi connectivity index (χ0v) is 26.0. The molecular weight excluding hydrogens is 627 g/mol. The van der Waals surface area contributed by atoms with Gasteiger partial charge < -0.3 is 10.5 Å². The van der Waals surface area contributed by atoms with Crippen LogP contribution in [0.4, 0.5) is 17.1 Å². The first-order valence-electron chi connectivity index (χ1n) is 12.5. The molecule has 2 aromatic rings. The van der Waals surface area contributed by atoms with E-state index in [2.05, 4.69) is 20.5 Å². The van der Waals surface area contributed by atoms with E-state index in [1.165, 1.54) is 6.07 Å². The maximum Gasteiger partial charge on any atom is 0.296 e. The fraction of sp³-hybridized carbons (Fsp3) is 0.360. The third-order valence-electron chi connectivity index (χ3n) is 6.54. The van der Waals surface area contributed by atoms with Gasteiger partial charge in [0.15, 0.2) is 0 Å². The highest BCUT2D eigenvalue weighted by Gasteiger charge is 2.31. The topological polar surface area (TPSA) is 248 Å². The van der Waals surface area contributed by atoms with Crippen LogP contribution in [0.5, 0.6) is 5.75 Å². The van der Waals surface area contributed by atoms with Gasteiger partial charge in [0.2, 0.25) is 0 Å². The summed E-state index contributed by atoms with van der Waals surface area (Å²) in [7, 11) is -14.0. The molecular formula is C25H31N5O10S3. The molecule has 0 saturated carbocycles. The smallest absolute Gasteiger partial charge is 0.296 e. The number of hydrogen-bond acceptors (Lipinski definition) is 12. The number of benzene rings is 2. The number of aryl methyl sites for hydroxylation is 1. The largest absolute Gasteiger partial charge is 0.491 e. The summed E-state index contributed by atoms with van der Waals surface area (Å²) < 4.78 is 102. The SMILES string of the molecule is CC1=CC(C)(N=Nc2cc(C)c(N=Nc3ccc(S(=O)(=O)O)cc3S(=O)(=O)O)cc2OCCCS(=O)(=O)O)C(C)C=C1N. The lowest BCUT2D eigenvalue weighted by Crippen LogP contribution is -2.31. The Morgan fingerprint density at radius 2 is 1.56 bits per heavy atom. The van der Waals surface area contributed by atoms with E-state index in [1.807, 2.05) is 32.9 Å². The molecule has 0 radical (unpaired) electrons. The van der Waals surface area contributed by atoms with Crippen LogP contribution >= 0.6 is 0 Å². The van der Waals surface area contributed by atoms with E-state index in [0.29, 0.717) is 17.3 Å². The second-order valence-electron chi connectivity index (χ2n) is 10.0. The summed E-state index contributed by atoms with van der Waals surface area (Å²) in [5.74, 6) is -0.538. The molecule has 18 heteroatoms. The van der Waals surface area contributed by atoms with Crippen LogP contribution < -0.4 is 10.5 Å². The van der Waals surface area contributed by atoms with E-state index in [4.69, 9.17) is 15.0 Å². The minimum absolute atomic E-state index is 0.0568. The highest BCUT2D eigenvalue weighted by atomic mass is 32.2. The first-order chi connectivity index (χ1) is 19.7. The second kappa shape index (κ2) is 12.6. The lowest BCUT2D eigenvalue weighted by Gasteiger charge is -2.30. The van der Waals surface area contributed by atoms with Gasteiger partial charge in [-0.3, -0.25) is 13.7 Å². The fourth-order valence-electron chi connectivity index (χ4n) is 3.94. The summed E-state index contributed by atoms with van der Waals surface area (Å²) in [4.78, 5) is -1.70. The molecule has 234 valence electrons. The van der Waals surface area contributed by atoms with Crippen molar-refractivity contribution in [2.75, 3.05) is 12.4 Å². The van der Waals surface area contributed by atoms with E-state index in [9.17, 15) is 34.4 Å². The van der Waals surface area contributed by atoms with Crippen LogP contribution in [0, 0.1) is 12.8 Å². The molecule has 0 saturated heterocycles. The predicted molar refractivity (Wildman–Crippen MR) is 156 cm³/mol. The van der Waals surface area contributed by atoms with Crippen LogP contribution in [-0.2, 0) is 30.4 Å². The predicted octanol–water partition coefficient (Wildman–Crippen LogP) is 4.84. The summed E-state index contributed by atoms with van der Waals surface area (Å²) in [6.45, 7) is 7.15. The average Bonchev–Trinajstić information content (AvgIpc) is 2.87. The number of nitrogens with two attached hydrogens (primary N) is 1. The van der Waals surface area contributed by atoms with Crippen molar-refractivity contribution in [3.8, 4) is 5.75 Å². The van der Waals surface area contributed by atoms with E-state index in [1.54, 1.807) is 13.0 Å². The summed E-state index contributed by atoms with van der Waals surface area (Å²) in [6, 6.07) is 5.29. The molecule has 5 N–H and O–H groups in total. The molecule has 0 fully saturated rings. The molecule has 1 aliphatic rings. The molecule has 1 aliphatic carbocycles. The second-order valence-corrected chi connectivity index (χ2v) is 14.4. The molecule has 0 amide bonds. The number of rotatable bonds is 11. The lowest BCUT2D eigenvalue weighted by molar-refractivity contribution is 0.316. The van der Waals surface area contributed by atoms with E-state index in [-0.39, 0.29) is 36.1 Å². The van der Waals surface area contributed by atoms with Crippen molar-refractivity contribution < 1.29 is 43.6 Å². The minimum atomic E-state index is -4.98. The van der Waals surface area contributed by atoms with Gasteiger partial charge in [-0.15, -0.1) is 5.11 Å². The van der Waals surface area contributed by atoms with Gasteiger partial charge in [-0.1, -0.05) is 13.0 Å². The van der Waals surface area contributed by atoms with Gasteiger partial charge in [0, 0.05) is 17.7 Å². The Hall–Kier alpha value is -3.55. The Morgan fingerprint density at radius 1 is 0.907 bits per heavy atom. The average molecular weight is 658 g/mol. The fourth-order valence-corrected chi connectivity index (χ4v) is 5.66. The quantitative estimate of drug-likeness (QED) is 0.144. The molecule has 0 heterocycles. The molecule has 0 spiro atoms. The molecule has 15 nitrogen and oxygen atoms in total. The van der Waals surface area contributed by atoms with Crippen LogP contribution in [-0.4, -0.2) is 56.8 Å². The zero-order valence-electron chi connectivity index (χ0n) is 23.5. The third kappa shape index (κ3) is 8.97. The molecule has 0 bridgehead atoms. The molecule has 0 aromatic heterocycles. The molecule has 3 rings (SSSR count). The molecule has 2 aromatic carbocycles. The number of hydrogen-bond donors (Lipinski definition) is 4. The molecule has 2 unspecified atom stereocenters. The van der Waals surface area contributed by atoms with Gasteiger partial charge in [-0.05, 0) is 68.7 Å². The van der Waals surface area contributed by atoms with Crippen molar-refractivity contribution in [3.05, 3.63) is 59.3 Å². The van der Waals surface area contributed by atoms with E-state index >= 15 is 0 Å². The summed E-state index contributed by atoms with van der Waals surface area (Å²) in [5.41, 5.74) is 7.19.